The van der Waals surface area contributed by atoms with E-state index in [1.54, 1.807) is 44.4 Å². The van der Waals surface area contributed by atoms with E-state index >= 15 is 0 Å². The molecule has 12 heteroatoms. The van der Waals surface area contributed by atoms with Crippen LogP contribution < -0.4 is 5.32 Å². The zero-order chi connectivity index (χ0) is 29.9. The summed E-state index contributed by atoms with van der Waals surface area (Å²) in [5, 5.41) is 12.4. The molecule has 1 rings (SSSR count). The second-order valence-corrected chi connectivity index (χ2v) is 10.6. The van der Waals surface area contributed by atoms with E-state index in [-0.39, 0.29) is 25.7 Å². The van der Waals surface area contributed by atoms with E-state index in [4.69, 9.17) is 14.6 Å². The van der Waals surface area contributed by atoms with Crippen molar-refractivity contribution in [1.82, 2.24) is 20.0 Å². The lowest BCUT2D eigenvalue weighted by atomic mass is 10.2. The zero-order valence-corrected chi connectivity index (χ0v) is 25.2. The van der Waals surface area contributed by atoms with Crippen LogP contribution in [0, 0.1) is 0 Å². The van der Waals surface area contributed by atoms with Gasteiger partial charge in [0.05, 0.1) is 12.6 Å². The number of carboxylic acid groups (broad SMARTS) is 1. The summed E-state index contributed by atoms with van der Waals surface area (Å²) in [5.74, 6) is -0.915. The fourth-order valence-electron chi connectivity index (χ4n) is 2.89. The molecule has 0 aromatic carbocycles. The Morgan fingerprint density at radius 3 is 1.61 bits per heavy atom. The van der Waals surface area contributed by atoms with Gasteiger partial charge < -0.3 is 34.4 Å². The minimum Gasteiger partial charge on any atom is -0.480 e. The lowest BCUT2D eigenvalue weighted by Gasteiger charge is -2.33. The quantitative estimate of drug-likeness (QED) is 0.398. The summed E-state index contributed by atoms with van der Waals surface area (Å²) in [4.78, 5) is 50.7. The van der Waals surface area contributed by atoms with E-state index in [9.17, 15) is 19.2 Å². The summed E-state index contributed by atoms with van der Waals surface area (Å²) in [6.07, 6.45) is -0.891. The van der Waals surface area contributed by atoms with Gasteiger partial charge in [-0.25, -0.2) is 9.59 Å². The Labute approximate surface area is 228 Å². The third-order valence-corrected chi connectivity index (χ3v) is 4.48. The third kappa shape index (κ3) is 21.5. The van der Waals surface area contributed by atoms with Crippen molar-refractivity contribution in [3.8, 4) is 0 Å². The van der Waals surface area contributed by atoms with Crippen LogP contribution in [-0.4, -0.2) is 121 Å². The van der Waals surface area contributed by atoms with Gasteiger partial charge in [0, 0.05) is 52.4 Å². The number of hydrogen-bond acceptors (Lipinski definition) is 9. The Bertz CT molecular complexity index is 690. The molecule has 38 heavy (non-hydrogen) atoms. The van der Waals surface area contributed by atoms with Gasteiger partial charge in [0.15, 0.2) is 0 Å². The van der Waals surface area contributed by atoms with Gasteiger partial charge in [0.2, 0.25) is 0 Å². The van der Waals surface area contributed by atoms with Crippen molar-refractivity contribution in [2.75, 3.05) is 58.9 Å². The smallest absolute Gasteiger partial charge is 0.410 e. The van der Waals surface area contributed by atoms with Crippen molar-refractivity contribution >= 4 is 24.6 Å². The summed E-state index contributed by atoms with van der Waals surface area (Å²) < 4.78 is 15.4. The summed E-state index contributed by atoms with van der Waals surface area (Å²) in [6, 6.07) is 0. The van der Waals surface area contributed by atoms with Crippen molar-refractivity contribution in [1.29, 1.82) is 0 Å². The van der Waals surface area contributed by atoms with E-state index in [0.717, 1.165) is 0 Å². The summed E-state index contributed by atoms with van der Waals surface area (Å²) >= 11 is 0. The molecule has 0 spiro atoms. The molecule has 1 aliphatic heterocycles. The molecule has 0 saturated carbocycles. The Hall–Kier alpha value is -2.60. The maximum absolute atomic E-state index is 12.7. The van der Waals surface area contributed by atoms with Crippen LogP contribution in [0.15, 0.2) is 0 Å². The van der Waals surface area contributed by atoms with Gasteiger partial charge in [0.25, 0.3) is 6.47 Å². The van der Waals surface area contributed by atoms with Gasteiger partial charge in [-0.2, -0.15) is 0 Å². The largest absolute Gasteiger partial charge is 0.480 e. The molecule has 0 aromatic heterocycles. The normalized spacial score (nSPS) is 15.9. The van der Waals surface area contributed by atoms with Crippen LogP contribution in [0.2, 0.25) is 0 Å². The molecule has 0 bridgehead atoms. The first-order valence-electron chi connectivity index (χ1n) is 13.2. The van der Waals surface area contributed by atoms with Crippen LogP contribution in [0.4, 0.5) is 9.59 Å². The van der Waals surface area contributed by atoms with Crippen LogP contribution in [-0.2, 0) is 23.8 Å². The first kappa shape index (κ1) is 37.6. The number of carboxylic acids is 1. The van der Waals surface area contributed by atoms with Crippen LogP contribution in [0.25, 0.3) is 0 Å². The molecule has 2 amide bonds. The molecule has 12 nitrogen and oxygen atoms in total. The maximum Gasteiger partial charge on any atom is 0.410 e. The Morgan fingerprint density at radius 1 is 0.816 bits per heavy atom. The number of amides is 2. The van der Waals surface area contributed by atoms with E-state index in [1.165, 1.54) is 4.90 Å². The lowest BCUT2D eigenvalue weighted by molar-refractivity contribution is -0.138. The highest BCUT2D eigenvalue weighted by Crippen LogP contribution is 2.12. The lowest BCUT2D eigenvalue weighted by Crippen LogP contribution is -2.50. The van der Waals surface area contributed by atoms with Crippen molar-refractivity contribution < 1.29 is 38.5 Å². The van der Waals surface area contributed by atoms with Gasteiger partial charge in [-0.05, 0) is 55.4 Å². The van der Waals surface area contributed by atoms with Crippen molar-refractivity contribution in [3.05, 3.63) is 0 Å². The number of carbonyl (C=O) groups excluding carboxylic acids is 3. The second kappa shape index (κ2) is 19.5. The number of nitrogens with zero attached hydrogens (tertiary/aromatic N) is 3. The molecule has 2 N–H and O–H groups in total. The molecule has 0 radical (unpaired) electrons. The average molecular weight is 549 g/mol. The number of aliphatic carboxylic acids is 1. The topological polar surface area (TPSA) is 138 Å². The Kier molecular flexibility index (Phi) is 19.2. The molecule has 1 heterocycles. The fraction of sp³-hybridized carbons (Fsp3) is 0.846. The van der Waals surface area contributed by atoms with Crippen molar-refractivity contribution in [2.45, 2.75) is 86.5 Å². The number of rotatable bonds is 4. The molecular formula is C26H52N4O8. The van der Waals surface area contributed by atoms with E-state index < -0.39 is 29.4 Å². The van der Waals surface area contributed by atoms with E-state index in [2.05, 4.69) is 10.1 Å². The van der Waals surface area contributed by atoms with Gasteiger partial charge >= 0.3 is 18.2 Å². The van der Waals surface area contributed by atoms with Crippen LogP contribution in [0.1, 0.15) is 69.2 Å². The highest BCUT2D eigenvalue weighted by molar-refractivity contribution is 5.70. The van der Waals surface area contributed by atoms with Gasteiger partial charge in [-0.15, -0.1) is 0 Å². The van der Waals surface area contributed by atoms with Crippen LogP contribution in [0.3, 0.4) is 0 Å². The standard InChI is InChI=1S/C20H38N4O6.C4H8O2.C2H6/c1-19(2,3)29-17(27)23-10-8-21-7-9-22(15-16(25)26)11-12-24(14-13-23)18(28)30-20(4,5)6;1-4(2)6-3-5;1-2/h21H,7-15H2,1-6H3,(H,25,26);3-4H,1-2H3;1-2H3. The SMILES string of the molecule is CC.CC(C)(C)OC(=O)N1CCNCCN(CC(=O)O)CCN(C(=O)OC(C)(C)C)CC1.CC(C)OC=O. The molecule has 1 aliphatic rings. The minimum atomic E-state index is -0.915. The predicted molar refractivity (Wildman–Crippen MR) is 146 cm³/mol. The molecular weight excluding hydrogens is 496 g/mol. The molecule has 0 aromatic rings. The third-order valence-electron chi connectivity index (χ3n) is 4.48. The fourth-order valence-corrected chi connectivity index (χ4v) is 2.89. The summed E-state index contributed by atoms with van der Waals surface area (Å²) in [6.45, 7) is 22.0. The monoisotopic (exact) mass is 548 g/mol. The molecule has 1 saturated heterocycles. The number of nitrogens with one attached hydrogen (secondary N) is 1. The second-order valence-electron chi connectivity index (χ2n) is 10.6. The summed E-state index contributed by atoms with van der Waals surface area (Å²) in [7, 11) is 0. The van der Waals surface area contributed by atoms with Gasteiger partial charge in [-0.3, -0.25) is 14.5 Å². The molecule has 0 atom stereocenters. The highest BCUT2D eigenvalue weighted by atomic mass is 16.6. The van der Waals surface area contributed by atoms with Crippen molar-refractivity contribution in [2.24, 2.45) is 0 Å². The Morgan fingerprint density at radius 2 is 1.24 bits per heavy atom. The molecule has 224 valence electrons. The van der Waals surface area contributed by atoms with Gasteiger partial charge in [-0.1, -0.05) is 13.8 Å². The number of hydrogen-bond donors (Lipinski definition) is 2. The van der Waals surface area contributed by atoms with E-state index in [1.807, 2.05) is 34.6 Å². The number of ether oxygens (including phenoxy) is 3. The number of carbonyl (C=O) groups is 4. The maximum atomic E-state index is 12.7. The minimum absolute atomic E-state index is 0.0301. The molecule has 0 unspecified atom stereocenters. The molecule has 1 fully saturated rings. The molecule has 0 aliphatic carbocycles. The first-order valence-corrected chi connectivity index (χ1v) is 13.2. The van der Waals surface area contributed by atoms with E-state index in [0.29, 0.717) is 45.7 Å². The predicted octanol–water partition coefficient (Wildman–Crippen LogP) is 3.04. The highest BCUT2D eigenvalue weighted by Gasteiger charge is 2.26. The zero-order valence-electron chi connectivity index (χ0n) is 25.2. The Balaban J connectivity index is 0. The summed E-state index contributed by atoms with van der Waals surface area (Å²) in [5.41, 5.74) is -1.27. The first-order chi connectivity index (χ1) is 17.5. The van der Waals surface area contributed by atoms with Gasteiger partial charge in [0.1, 0.15) is 11.2 Å². The van der Waals surface area contributed by atoms with Crippen LogP contribution in [0.5, 0.6) is 0 Å². The van der Waals surface area contributed by atoms with Crippen LogP contribution >= 0.6 is 0 Å². The van der Waals surface area contributed by atoms with Crippen molar-refractivity contribution in [3.63, 3.8) is 0 Å². The average Bonchev–Trinajstić information content (AvgIpc) is 2.74.